The predicted octanol–water partition coefficient (Wildman–Crippen LogP) is 2.32. The number of rotatable bonds is 4. The number of ether oxygens (including phenoxy) is 1. The van der Waals surface area contributed by atoms with Crippen molar-refractivity contribution in [3.8, 4) is 5.75 Å². The standard InChI is InChI=1S/C14H19FN2OS/c1-17-7-3-2-4-11(17)9-18-13-6-5-10(14(16)19)8-12(13)15/h5-6,8,11H,2-4,7,9H2,1H3,(H2,16,19). The summed E-state index contributed by atoms with van der Waals surface area (Å²) in [5, 5.41) is 0. The molecular formula is C14H19FN2OS. The van der Waals surface area contributed by atoms with Crippen molar-refractivity contribution in [3.05, 3.63) is 29.6 Å². The number of piperidine rings is 1. The van der Waals surface area contributed by atoms with Crippen LogP contribution in [0.5, 0.6) is 5.75 Å². The number of likely N-dealkylation sites (N-methyl/N-ethyl adjacent to an activating group) is 1. The quantitative estimate of drug-likeness (QED) is 0.860. The van der Waals surface area contributed by atoms with Gasteiger partial charge in [-0.15, -0.1) is 0 Å². The molecule has 1 aromatic carbocycles. The first-order valence-corrected chi connectivity index (χ1v) is 6.91. The minimum absolute atomic E-state index is 0.192. The highest BCUT2D eigenvalue weighted by atomic mass is 32.1. The minimum Gasteiger partial charge on any atom is -0.489 e. The van der Waals surface area contributed by atoms with Gasteiger partial charge in [0.15, 0.2) is 11.6 Å². The maximum atomic E-state index is 13.8. The van der Waals surface area contributed by atoms with E-state index >= 15 is 0 Å². The second kappa shape index (κ2) is 6.30. The average Bonchev–Trinajstić information content (AvgIpc) is 2.39. The highest BCUT2D eigenvalue weighted by Crippen LogP contribution is 2.21. The van der Waals surface area contributed by atoms with Crippen LogP contribution in [0, 0.1) is 5.82 Å². The number of nitrogens with zero attached hydrogens (tertiary/aromatic N) is 1. The fourth-order valence-electron chi connectivity index (χ4n) is 2.31. The first kappa shape index (κ1) is 14.2. The summed E-state index contributed by atoms with van der Waals surface area (Å²) in [4.78, 5) is 2.46. The summed E-state index contributed by atoms with van der Waals surface area (Å²) in [6.45, 7) is 1.59. The van der Waals surface area contributed by atoms with Crippen molar-refractivity contribution in [1.29, 1.82) is 0 Å². The molecule has 19 heavy (non-hydrogen) atoms. The third kappa shape index (κ3) is 3.64. The number of halogens is 1. The number of hydrogen-bond donors (Lipinski definition) is 1. The van der Waals surface area contributed by atoms with Crippen molar-refractivity contribution in [3.63, 3.8) is 0 Å². The first-order chi connectivity index (χ1) is 9.08. The molecule has 3 nitrogen and oxygen atoms in total. The molecule has 5 heteroatoms. The van der Waals surface area contributed by atoms with E-state index in [0.29, 0.717) is 18.2 Å². The number of benzene rings is 1. The molecule has 0 aliphatic carbocycles. The summed E-state index contributed by atoms with van der Waals surface area (Å²) in [5.41, 5.74) is 5.98. The molecule has 0 aromatic heterocycles. The van der Waals surface area contributed by atoms with Gasteiger partial charge >= 0.3 is 0 Å². The van der Waals surface area contributed by atoms with Crippen LogP contribution in [0.4, 0.5) is 4.39 Å². The van der Waals surface area contributed by atoms with Crippen LogP contribution in [0.3, 0.4) is 0 Å². The molecule has 2 rings (SSSR count). The summed E-state index contributed by atoms with van der Waals surface area (Å²) in [6.07, 6.45) is 3.54. The molecule has 1 fully saturated rings. The van der Waals surface area contributed by atoms with Crippen LogP contribution in [-0.4, -0.2) is 36.1 Å². The van der Waals surface area contributed by atoms with E-state index in [2.05, 4.69) is 11.9 Å². The number of hydrogen-bond acceptors (Lipinski definition) is 3. The van der Waals surface area contributed by atoms with Gasteiger partial charge in [0.25, 0.3) is 0 Å². The summed E-state index contributed by atoms with van der Waals surface area (Å²) in [5.74, 6) is -0.150. The van der Waals surface area contributed by atoms with E-state index in [1.807, 2.05) is 0 Å². The Bertz CT molecular complexity index is 467. The van der Waals surface area contributed by atoms with Gasteiger partial charge in [-0.05, 0) is 44.6 Å². The summed E-state index contributed by atoms with van der Waals surface area (Å²) in [6, 6.07) is 4.96. The Labute approximate surface area is 118 Å². The summed E-state index contributed by atoms with van der Waals surface area (Å²) >= 11 is 4.81. The lowest BCUT2D eigenvalue weighted by Gasteiger charge is -2.32. The molecule has 1 saturated heterocycles. The SMILES string of the molecule is CN1CCCCC1COc1ccc(C(N)=S)cc1F. The highest BCUT2D eigenvalue weighted by Gasteiger charge is 2.19. The van der Waals surface area contributed by atoms with Gasteiger partial charge in [0.2, 0.25) is 0 Å². The van der Waals surface area contributed by atoms with Crippen LogP contribution >= 0.6 is 12.2 Å². The van der Waals surface area contributed by atoms with Crippen molar-refractivity contribution in [2.75, 3.05) is 20.2 Å². The van der Waals surface area contributed by atoms with Gasteiger partial charge in [-0.3, -0.25) is 0 Å². The van der Waals surface area contributed by atoms with Crippen molar-refractivity contribution in [1.82, 2.24) is 4.90 Å². The van der Waals surface area contributed by atoms with Gasteiger partial charge in [0.05, 0.1) is 0 Å². The number of nitrogens with two attached hydrogens (primary N) is 1. The largest absolute Gasteiger partial charge is 0.489 e. The van der Waals surface area contributed by atoms with E-state index in [0.717, 1.165) is 13.0 Å². The molecule has 1 unspecified atom stereocenters. The van der Waals surface area contributed by atoms with Crippen LogP contribution in [0.25, 0.3) is 0 Å². The zero-order valence-corrected chi connectivity index (χ0v) is 11.9. The normalized spacial score (nSPS) is 20.2. The number of thiocarbonyl (C=S) groups is 1. The lowest BCUT2D eigenvalue weighted by atomic mass is 10.0. The van der Waals surface area contributed by atoms with Crippen LogP contribution < -0.4 is 10.5 Å². The molecule has 1 aliphatic heterocycles. The second-order valence-electron chi connectivity index (χ2n) is 4.95. The predicted molar refractivity (Wildman–Crippen MR) is 78.1 cm³/mol. The lowest BCUT2D eigenvalue weighted by Crippen LogP contribution is -2.40. The van der Waals surface area contributed by atoms with Crippen LogP contribution in [0.2, 0.25) is 0 Å². The Morgan fingerprint density at radius 2 is 2.32 bits per heavy atom. The molecule has 0 amide bonds. The Balaban J connectivity index is 1.97. The van der Waals surface area contributed by atoms with E-state index in [-0.39, 0.29) is 10.7 Å². The zero-order chi connectivity index (χ0) is 13.8. The third-order valence-corrected chi connectivity index (χ3v) is 3.80. The topological polar surface area (TPSA) is 38.5 Å². The number of likely N-dealkylation sites (tertiary alicyclic amines) is 1. The fourth-order valence-corrected chi connectivity index (χ4v) is 2.44. The van der Waals surface area contributed by atoms with E-state index < -0.39 is 5.82 Å². The molecule has 0 saturated carbocycles. The van der Waals surface area contributed by atoms with Gasteiger partial charge in [-0.25, -0.2) is 4.39 Å². The molecule has 1 atom stereocenters. The summed E-state index contributed by atoms with van der Waals surface area (Å²) in [7, 11) is 2.08. The van der Waals surface area contributed by atoms with E-state index in [1.54, 1.807) is 12.1 Å². The van der Waals surface area contributed by atoms with Crippen molar-refractivity contribution >= 4 is 17.2 Å². The van der Waals surface area contributed by atoms with E-state index in [9.17, 15) is 4.39 Å². The third-order valence-electron chi connectivity index (χ3n) is 3.57. The van der Waals surface area contributed by atoms with Gasteiger partial charge in [0, 0.05) is 11.6 Å². The average molecular weight is 282 g/mol. The van der Waals surface area contributed by atoms with Crippen molar-refractivity contribution in [2.24, 2.45) is 5.73 Å². The summed E-state index contributed by atoms with van der Waals surface area (Å²) < 4.78 is 19.4. The monoisotopic (exact) mass is 282 g/mol. The van der Waals surface area contributed by atoms with Crippen LogP contribution in [-0.2, 0) is 0 Å². The van der Waals surface area contributed by atoms with Crippen LogP contribution in [0.1, 0.15) is 24.8 Å². The maximum Gasteiger partial charge on any atom is 0.165 e. The van der Waals surface area contributed by atoms with E-state index in [4.69, 9.17) is 22.7 Å². The molecule has 1 aromatic rings. The van der Waals surface area contributed by atoms with Gasteiger partial charge in [0.1, 0.15) is 11.6 Å². The van der Waals surface area contributed by atoms with Crippen molar-refractivity contribution < 1.29 is 9.13 Å². The zero-order valence-electron chi connectivity index (χ0n) is 11.1. The second-order valence-corrected chi connectivity index (χ2v) is 5.39. The van der Waals surface area contributed by atoms with Crippen molar-refractivity contribution in [2.45, 2.75) is 25.3 Å². The molecule has 0 radical (unpaired) electrons. The Morgan fingerprint density at radius 3 is 2.95 bits per heavy atom. The minimum atomic E-state index is -0.413. The van der Waals surface area contributed by atoms with Gasteiger partial charge in [-0.1, -0.05) is 18.6 Å². The smallest absolute Gasteiger partial charge is 0.165 e. The Morgan fingerprint density at radius 1 is 1.53 bits per heavy atom. The fraction of sp³-hybridized carbons (Fsp3) is 0.500. The molecule has 1 heterocycles. The Kier molecular flexibility index (Phi) is 4.71. The first-order valence-electron chi connectivity index (χ1n) is 6.50. The molecule has 104 valence electrons. The van der Waals surface area contributed by atoms with Crippen LogP contribution in [0.15, 0.2) is 18.2 Å². The van der Waals surface area contributed by atoms with Gasteiger partial charge in [-0.2, -0.15) is 0 Å². The molecule has 0 spiro atoms. The maximum absolute atomic E-state index is 13.8. The van der Waals surface area contributed by atoms with Gasteiger partial charge < -0.3 is 15.4 Å². The molecular weight excluding hydrogens is 263 g/mol. The highest BCUT2D eigenvalue weighted by molar-refractivity contribution is 7.80. The van der Waals surface area contributed by atoms with E-state index in [1.165, 1.54) is 18.9 Å². The lowest BCUT2D eigenvalue weighted by molar-refractivity contribution is 0.123. The Hall–Kier alpha value is -1.20. The molecule has 2 N–H and O–H groups in total. The molecule has 1 aliphatic rings. The molecule has 0 bridgehead atoms.